The zero-order valence-electron chi connectivity index (χ0n) is 13.1. The molecule has 6 nitrogen and oxygen atoms in total. The second-order valence-corrected chi connectivity index (χ2v) is 5.33. The number of nitrogens with one attached hydrogen (secondary N) is 2. The smallest absolute Gasteiger partial charge is 0.326 e. The van der Waals surface area contributed by atoms with Crippen LogP contribution >= 0.6 is 0 Å². The Labute approximate surface area is 133 Å². The maximum absolute atomic E-state index is 11.6. The van der Waals surface area contributed by atoms with E-state index in [1.807, 2.05) is 44.2 Å². The topological polar surface area (TPSA) is 72.4 Å². The molecule has 2 aromatic rings. The number of hydrogen-bond acceptors (Lipinski definition) is 3. The molecule has 2 heterocycles. The van der Waals surface area contributed by atoms with E-state index >= 15 is 0 Å². The minimum atomic E-state index is -0.495. The van der Waals surface area contributed by atoms with Crippen molar-refractivity contribution in [1.29, 1.82) is 0 Å². The van der Waals surface area contributed by atoms with E-state index in [2.05, 4.69) is 15.2 Å². The molecule has 0 saturated carbocycles. The van der Waals surface area contributed by atoms with Crippen LogP contribution in [0.15, 0.2) is 36.0 Å². The van der Waals surface area contributed by atoms with Crippen molar-refractivity contribution in [2.24, 2.45) is 0 Å². The highest BCUT2D eigenvalue weighted by molar-refractivity contribution is 6.14. The van der Waals surface area contributed by atoms with E-state index < -0.39 is 11.9 Å². The van der Waals surface area contributed by atoms with Gasteiger partial charge in [0.15, 0.2) is 0 Å². The predicted octanol–water partition coefficient (Wildman–Crippen LogP) is 2.28. The van der Waals surface area contributed by atoms with Crippen LogP contribution in [0.3, 0.4) is 0 Å². The number of carbonyl (C=O) groups is 2. The first-order chi connectivity index (χ1) is 11.0. The summed E-state index contributed by atoms with van der Waals surface area (Å²) in [7, 11) is 1.63. The number of ether oxygens (including phenoxy) is 1. The van der Waals surface area contributed by atoms with E-state index in [9.17, 15) is 9.59 Å². The molecule has 0 unspecified atom stereocenters. The normalized spacial score (nSPS) is 15.7. The van der Waals surface area contributed by atoms with Crippen LogP contribution in [-0.4, -0.2) is 23.6 Å². The van der Waals surface area contributed by atoms with Gasteiger partial charge in [0, 0.05) is 17.1 Å². The Kier molecular flexibility index (Phi) is 3.65. The second-order valence-electron chi connectivity index (χ2n) is 5.33. The van der Waals surface area contributed by atoms with Crippen LogP contribution in [0.4, 0.5) is 4.79 Å². The molecular weight excluding hydrogens is 294 g/mol. The Morgan fingerprint density at radius 3 is 2.35 bits per heavy atom. The van der Waals surface area contributed by atoms with Gasteiger partial charge in [-0.15, -0.1) is 0 Å². The molecule has 1 saturated heterocycles. The van der Waals surface area contributed by atoms with Crippen molar-refractivity contribution in [2.75, 3.05) is 7.11 Å². The Morgan fingerprint density at radius 1 is 1.09 bits per heavy atom. The number of carbonyl (C=O) groups excluding carboxylic acids is 2. The van der Waals surface area contributed by atoms with Crippen molar-refractivity contribution >= 4 is 18.0 Å². The van der Waals surface area contributed by atoms with E-state index in [1.54, 1.807) is 13.2 Å². The summed E-state index contributed by atoms with van der Waals surface area (Å²) in [4.78, 5) is 22.8. The molecule has 3 amide bonds. The molecule has 0 atom stereocenters. The Hall–Kier alpha value is -3.02. The van der Waals surface area contributed by atoms with Crippen molar-refractivity contribution in [2.45, 2.75) is 13.8 Å². The van der Waals surface area contributed by atoms with Crippen LogP contribution in [0.25, 0.3) is 11.8 Å². The van der Waals surface area contributed by atoms with E-state index in [4.69, 9.17) is 4.74 Å². The first kappa shape index (κ1) is 14.9. The summed E-state index contributed by atoms with van der Waals surface area (Å²) in [6, 6.07) is 9.22. The third kappa shape index (κ3) is 2.70. The lowest BCUT2D eigenvalue weighted by atomic mass is 10.2. The molecule has 1 aromatic heterocycles. The standard InChI is InChI=1S/C17H17N3O3/c1-10-8-12(9-15-16(21)19-17(22)18-15)11(2)20(10)13-4-6-14(23-3)7-5-13/h4-9H,1-3H3,(H2,18,19,21,22)/b15-9+. The lowest BCUT2D eigenvalue weighted by molar-refractivity contribution is -0.115. The third-order valence-electron chi connectivity index (χ3n) is 3.82. The predicted molar refractivity (Wildman–Crippen MR) is 86.4 cm³/mol. The van der Waals surface area contributed by atoms with E-state index in [0.29, 0.717) is 0 Å². The van der Waals surface area contributed by atoms with Crippen molar-refractivity contribution in [3.8, 4) is 11.4 Å². The molecule has 23 heavy (non-hydrogen) atoms. The quantitative estimate of drug-likeness (QED) is 0.675. The highest BCUT2D eigenvalue weighted by Gasteiger charge is 2.23. The van der Waals surface area contributed by atoms with Gasteiger partial charge in [-0.3, -0.25) is 10.1 Å². The van der Waals surface area contributed by atoms with Crippen LogP contribution in [0.1, 0.15) is 17.0 Å². The van der Waals surface area contributed by atoms with E-state index in [1.165, 1.54) is 0 Å². The minimum absolute atomic E-state index is 0.255. The van der Waals surface area contributed by atoms with Crippen LogP contribution in [0, 0.1) is 13.8 Å². The number of imide groups is 1. The first-order valence-electron chi connectivity index (χ1n) is 7.17. The Balaban J connectivity index is 2.01. The number of rotatable bonds is 3. The fourth-order valence-corrected chi connectivity index (χ4v) is 2.70. The van der Waals surface area contributed by atoms with Crippen molar-refractivity contribution < 1.29 is 14.3 Å². The number of nitrogens with zero attached hydrogens (tertiary/aromatic N) is 1. The summed E-state index contributed by atoms with van der Waals surface area (Å²) in [5, 5.41) is 4.69. The summed E-state index contributed by atoms with van der Waals surface area (Å²) >= 11 is 0. The van der Waals surface area contributed by atoms with Gasteiger partial charge < -0.3 is 14.6 Å². The van der Waals surface area contributed by atoms with Gasteiger partial charge in [0.25, 0.3) is 5.91 Å². The van der Waals surface area contributed by atoms with Gasteiger partial charge >= 0.3 is 6.03 Å². The van der Waals surface area contributed by atoms with Gasteiger partial charge in [-0.2, -0.15) is 0 Å². The molecule has 0 radical (unpaired) electrons. The van der Waals surface area contributed by atoms with Gasteiger partial charge in [-0.1, -0.05) is 0 Å². The molecule has 3 rings (SSSR count). The fraction of sp³-hybridized carbons (Fsp3) is 0.176. The number of amides is 3. The number of aryl methyl sites for hydroxylation is 1. The monoisotopic (exact) mass is 311 g/mol. The molecule has 1 aliphatic rings. The third-order valence-corrected chi connectivity index (χ3v) is 3.82. The van der Waals surface area contributed by atoms with Gasteiger partial charge in [-0.05, 0) is 55.8 Å². The highest BCUT2D eigenvalue weighted by atomic mass is 16.5. The molecule has 2 N–H and O–H groups in total. The first-order valence-corrected chi connectivity index (χ1v) is 7.17. The van der Waals surface area contributed by atoms with Gasteiger partial charge in [-0.25, -0.2) is 4.79 Å². The summed E-state index contributed by atoms with van der Waals surface area (Å²) in [6.45, 7) is 3.96. The lowest BCUT2D eigenvalue weighted by Gasteiger charge is -2.10. The Morgan fingerprint density at radius 2 is 1.78 bits per heavy atom. The number of aromatic nitrogens is 1. The lowest BCUT2D eigenvalue weighted by Crippen LogP contribution is -2.22. The molecule has 6 heteroatoms. The average molecular weight is 311 g/mol. The van der Waals surface area contributed by atoms with Gasteiger partial charge in [0.2, 0.25) is 0 Å². The average Bonchev–Trinajstić information content (AvgIpc) is 2.99. The molecule has 1 aromatic carbocycles. The summed E-state index contributed by atoms with van der Waals surface area (Å²) < 4.78 is 7.26. The molecule has 1 aliphatic heterocycles. The van der Waals surface area contributed by atoms with Crippen molar-refractivity contribution in [3.63, 3.8) is 0 Å². The maximum Gasteiger partial charge on any atom is 0.326 e. The van der Waals surface area contributed by atoms with Gasteiger partial charge in [0.1, 0.15) is 11.4 Å². The van der Waals surface area contributed by atoms with Crippen LogP contribution in [-0.2, 0) is 4.79 Å². The van der Waals surface area contributed by atoms with Crippen LogP contribution in [0.2, 0.25) is 0 Å². The zero-order valence-corrected chi connectivity index (χ0v) is 13.1. The van der Waals surface area contributed by atoms with Crippen molar-refractivity contribution in [1.82, 2.24) is 15.2 Å². The van der Waals surface area contributed by atoms with E-state index in [0.717, 1.165) is 28.4 Å². The van der Waals surface area contributed by atoms with Gasteiger partial charge in [0.05, 0.1) is 7.11 Å². The SMILES string of the molecule is COc1ccc(-n2c(C)cc(/C=C3/NC(=O)NC3=O)c2C)cc1. The molecule has 118 valence electrons. The Bertz CT molecular complexity index is 816. The largest absolute Gasteiger partial charge is 0.497 e. The fourth-order valence-electron chi connectivity index (χ4n) is 2.70. The summed E-state index contributed by atoms with van der Waals surface area (Å²) in [5.74, 6) is 0.383. The summed E-state index contributed by atoms with van der Waals surface area (Å²) in [6.07, 6.45) is 1.68. The minimum Gasteiger partial charge on any atom is -0.497 e. The number of hydrogen-bond donors (Lipinski definition) is 2. The van der Waals surface area contributed by atoms with E-state index in [-0.39, 0.29) is 5.70 Å². The highest BCUT2D eigenvalue weighted by Crippen LogP contribution is 2.24. The number of methoxy groups -OCH3 is 1. The molecule has 0 spiro atoms. The molecule has 1 fully saturated rings. The van der Waals surface area contributed by atoms with Crippen LogP contribution < -0.4 is 15.4 Å². The number of benzene rings is 1. The second kappa shape index (κ2) is 5.64. The van der Waals surface area contributed by atoms with Crippen molar-refractivity contribution in [3.05, 3.63) is 53.0 Å². The molecule has 0 bridgehead atoms. The maximum atomic E-state index is 11.6. The summed E-state index contributed by atoms with van der Waals surface area (Å²) in [5.41, 5.74) is 4.15. The molecule has 0 aliphatic carbocycles. The van der Waals surface area contributed by atoms with Crippen LogP contribution in [0.5, 0.6) is 5.75 Å². The number of urea groups is 1. The zero-order chi connectivity index (χ0) is 16.6. The molecular formula is C17H17N3O3.